The van der Waals surface area contributed by atoms with E-state index in [0.717, 1.165) is 61.9 Å². The Bertz CT molecular complexity index is 2990. The predicted octanol–water partition coefficient (Wildman–Crippen LogP) is 12.8. The first-order valence-electron chi connectivity index (χ1n) is 18.3. The first-order valence-corrected chi connectivity index (χ1v) is 18.3. The summed E-state index contributed by atoms with van der Waals surface area (Å²) in [5.41, 5.74) is 8.36. The molecule has 3 heteroatoms. The Morgan fingerprint density at radius 2 is 1.04 bits per heavy atom. The van der Waals surface area contributed by atoms with Crippen LogP contribution in [-0.4, -0.2) is 16.5 Å². The molecule has 0 bridgehead atoms. The van der Waals surface area contributed by atoms with Gasteiger partial charge in [0.05, 0.1) is 16.9 Å². The van der Waals surface area contributed by atoms with Crippen LogP contribution in [0, 0.1) is 5.92 Å². The Hall–Kier alpha value is -6.71. The average molecular weight is 678 g/mol. The normalized spacial score (nSPS) is 17.9. The van der Waals surface area contributed by atoms with Gasteiger partial charge < -0.3 is 0 Å². The van der Waals surface area contributed by atoms with Crippen LogP contribution in [0.1, 0.15) is 30.0 Å². The summed E-state index contributed by atoms with van der Waals surface area (Å²) in [7, 11) is 0. The highest BCUT2D eigenvalue weighted by Gasteiger charge is 2.23. The zero-order chi connectivity index (χ0) is 35.3. The molecule has 0 fully saturated rings. The van der Waals surface area contributed by atoms with Gasteiger partial charge in [-0.1, -0.05) is 159 Å². The second-order valence-corrected chi connectivity index (χ2v) is 14.0. The number of allylic oxidation sites excluding steroid dienone is 1. The molecular weight excluding hydrogens is 643 g/mol. The second-order valence-electron chi connectivity index (χ2n) is 14.0. The molecule has 1 aromatic heterocycles. The van der Waals surface area contributed by atoms with Gasteiger partial charge in [0, 0.05) is 45.1 Å². The lowest BCUT2D eigenvalue weighted by Gasteiger charge is -2.21. The molecule has 0 saturated heterocycles. The number of hydrogen-bond acceptors (Lipinski definition) is 3. The largest absolute Gasteiger partial charge is 0.255 e. The van der Waals surface area contributed by atoms with Crippen molar-refractivity contribution in [1.82, 2.24) is 4.98 Å². The molecule has 0 radical (unpaired) electrons. The number of pyridine rings is 1. The van der Waals surface area contributed by atoms with E-state index in [9.17, 15) is 0 Å². The van der Waals surface area contributed by atoms with Crippen molar-refractivity contribution in [3.63, 3.8) is 0 Å². The molecule has 1 atom stereocenters. The van der Waals surface area contributed by atoms with Crippen LogP contribution in [0.2, 0.25) is 0 Å². The van der Waals surface area contributed by atoms with E-state index in [1.165, 1.54) is 37.7 Å². The fraction of sp³-hybridized carbons (Fsp3) is 0.0600. The number of amidine groups is 1. The van der Waals surface area contributed by atoms with E-state index < -0.39 is 0 Å². The summed E-state index contributed by atoms with van der Waals surface area (Å²) in [6.07, 6.45) is 5.11. The van der Waals surface area contributed by atoms with E-state index >= 15 is 0 Å². The molecule has 53 heavy (non-hydrogen) atoms. The van der Waals surface area contributed by atoms with Crippen molar-refractivity contribution in [2.24, 2.45) is 15.9 Å². The van der Waals surface area contributed by atoms with E-state index in [1.807, 2.05) is 6.20 Å². The van der Waals surface area contributed by atoms with Crippen molar-refractivity contribution in [1.29, 1.82) is 0 Å². The number of nitrogens with zero attached hydrogens (tertiary/aromatic N) is 3. The highest BCUT2D eigenvalue weighted by atomic mass is 14.9. The minimum atomic E-state index is 0.109. The lowest BCUT2D eigenvalue weighted by molar-refractivity contribution is 0.790. The number of benzene rings is 8. The molecule has 1 aliphatic heterocycles. The molecule has 2 heterocycles. The van der Waals surface area contributed by atoms with Crippen LogP contribution in [0.4, 0.5) is 0 Å². The van der Waals surface area contributed by atoms with Gasteiger partial charge >= 0.3 is 0 Å². The third-order valence-electron chi connectivity index (χ3n) is 10.7. The van der Waals surface area contributed by atoms with Crippen LogP contribution in [0.25, 0.3) is 70.8 Å². The minimum absolute atomic E-state index is 0.109. The molecule has 3 nitrogen and oxygen atoms in total. The van der Waals surface area contributed by atoms with Crippen molar-refractivity contribution in [2.45, 2.75) is 13.3 Å². The molecule has 8 aromatic carbocycles. The Balaban J connectivity index is 1.20. The molecule has 0 aliphatic carbocycles. The first kappa shape index (κ1) is 31.1. The summed E-state index contributed by atoms with van der Waals surface area (Å²) in [6.45, 7) is 2.29. The SMILES string of the molecule is CC1C/C=C(c2ccc3ccccc3c2)/N=C(c2ccc3ccccc3c2)\N=C/1c1ccccc1-c1cc2ccccc2c2c1ncc1ccccc12. The fourth-order valence-electron chi connectivity index (χ4n) is 7.98. The van der Waals surface area contributed by atoms with Crippen molar-refractivity contribution < 1.29 is 0 Å². The van der Waals surface area contributed by atoms with Gasteiger partial charge in [-0.25, -0.2) is 9.98 Å². The number of fused-ring (bicyclic) bond motifs is 7. The van der Waals surface area contributed by atoms with Gasteiger partial charge in [0.15, 0.2) is 5.84 Å². The molecule has 9 aromatic rings. The highest BCUT2D eigenvalue weighted by Crippen LogP contribution is 2.40. The topological polar surface area (TPSA) is 37.6 Å². The summed E-state index contributed by atoms with van der Waals surface area (Å²) < 4.78 is 0. The monoisotopic (exact) mass is 677 g/mol. The molecular formula is C50H35N3. The fourth-order valence-corrected chi connectivity index (χ4v) is 7.98. The Morgan fingerprint density at radius 1 is 0.472 bits per heavy atom. The van der Waals surface area contributed by atoms with Gasteiger partial charge in [0.1, 0.15) is 0 Å². The Morgan fingerprint density at radius 3 is 1.77 bits per heavy atom. The summed E-state index contributed by atoms with van der Waals surface area (Å²) >= 11 is 0. The van der Waals surface area contributed by atoms with E-state index in [2.05, 4.69) is 177 Å². The molecule has 1 unspecified atom stereocenters. The summed E-state index contributed by atoms with van der Waals surface area (Å²) in [5, 5.41) is 10.7. The van der Waals surface area contributed by atoms with Crippen LogP contribution < -0.4 is 0 Å². The molecule has 0 amide bonds. The Labute approximate surface area is 308 Å². The Kier molecular flexibility index (Phi) is 7.51. The molecule has 250 valence electrons. The lowest BCUT2D eigenvalue weighted by Crippen LogP contribution is -2.18. The number of rotatable bonds is 4. The van der Waals surface area contributed by atoms with Gasteiger partial charge in [-0.3, -0.25) is 4.98 Å². The van der Waals surface area contributed by atoms with E-state index in [4.69, 9.17) is 15.0 Å². The van der Waals surface area contributed by atoms with Crippen molar-refractivity contribution in [3.8, 4) is 11.1 Å². The van der Waals surface area contributed by atoms with E-state index in [0.29, 0.717) is 5.84 Å². The number of aliphatic imine (C=N–C) groups is 2. The molecule has 0 N–H and O–H groups in total. The van der Waals surface area contributed by atoms with Gasteiger partial charge in [-0.15, -0.1) is 0 Å². The lowest BCUT2D eigenvalue weighted by atomic mass is 9.86. The summed E-state index contributed by atoms with van der Waals surface area (Å²) in [4.78, 5) is 16.1. The first-order chi connectivity index (χ1) is 26.2. The van der Waals surface area contributed by atoms with Gasteiger partial charge in [0.25, 0.3) is 0 Å². The van der Waals surface area contributed by atoms with Crippen LogP contribution in [-0.2, 0) is 0 Å². The zero-order valence-electron chi connectivity index (χ0n) is 29.4. The zero-order valence-corrected chi connectivity index (χ0v) is 29.4. The van der Waals surface area contributed by atoms with Gasteiger partial charge in [-0.05, 0) is 67.9 Å². The van der Waals surface area contributed by atoms with Crippen molar-refractivity contribution in [3.05, 3.63) is 193 Å². The van der Waals surface area contributed by atoms with Crippen LogP contribution in [0.15, 0.2) is 186 Å². The maximum atomic E-state index is 5.59. The predicted molar refractivity (Wildman–Crippen MR) is 225 cm³/mol. The highest BCUT2D eigenvalue weighted by molar-refractivity contribution is 6.24. The minimum Gasteiger partial charge on any atom is -0.255 e. The molecule has 1 aliphatic rings. The smallest absolute Gasteiger partial charge is 0.160 e. The van der Waals surface area contributed by atoms with E-state index in [-0.39, 0.29) is 5.92 Å². The quantitative estimate of drug-likeness (QED) is 0.171. The number of hydrogen-bond donors (Lipinski definition) is 0. The third-order valence-corrected chi connectivity index (χ3v) is 10.7. The van der Waals surface area contributed by atoms with Crippen LogP contribution in [0.5, 0.6) is 0 Å². The molecule has 0 spiro atoms. The summed E-state index contributed by atoms with van der Waals surface area (Å²) in [6, 6.07) is 58.4. The van der Waals surface area contributed by atoms with Gasteiger partial charge in [0.2, 0.25) is 0 Å². The maximum Gasteiger partial charge on any atom is 0.160 e. The van der Waals surface area contributed by atoms with E-state index in [1.54, 1.807) is 0 Å². The summed E-state index contributed by atoms with van der Waals surface area (Å²) in [5.74, 6) is 0.817. The van der Waals surface area contributed by atoms with Crippen molar-refractivity contribution >= 4 is 71.2 Å². The van der Waals surface area contributed by atoms with Gasteiger partial charge in [-0.2, -0.15) is 0 Å². The van der Waals surface area contributed by atoms with Crippen LogP contribution in [0.3, 0.4) is 0 Å². The second kappa shape index (κ2) is 12.8. The molecule has 10 rings (SSSR count). The van der Waals surface area contributed by atoms with Crippen LogP contribution >= 0.6 is 0 Å². The maximum absolute atomic E-state index is 5.59. The standard InChI is InChI=1S/C50H35N3/c1-32-22-27-46(38-25-23-33-12-2-4-14-35(33)28-38)52-50(39-26-24-34-13-3-5-15-36(34)29-39)53-48(32)44-21-11-10-20-43(44)45-30-37-16-6-8-18-41(37)47-42-19-9-7-17-40(42)31-51-49(45)47/h2-21,23-32H,22H2,1H3/b46-27+,52-50-,53-48+. The van der Waals surface area contributed by atoms with Crippen molar-refractivity contribution in [2.75, 3.05) is 0 Å². The average Bonchev–Trinajstić information content (AvgIpc) is 3.21. The third kappa shape index (κ3) is 5.49. The number of aromatic nitrogens is 1. The molecule has 0 saturated carbocycles.